The van der Waals surface area contributed by atoms with E-state index in [1.54, 1.807) is 11.0 Å². The fourth-order valence-electron chi connectivity index (χ4n) is 4.08. The highest BCUT2D eigenvalue weighted by Crippen LogP contribution is 2.37. The quantitative estimate of drug-likeness (QED) is 0.765. The van der Waals surface area contributed by atoms with E-state index in [2.05, 4.69) is 16.3 Å². The van der Waals surface area contributed by atoms with Crippen molar-refractivity contribution in [3.05, 3.63) is 53.6 Å². The molecule has 2 heterocycles. The molecular formula is C23H27F3N4O2. The fraction of sp³-hybridized carbons (Fsp3) is 0.435. The first-order valence-electron chi connectivity index (χ1n) is 10.7. The minimum absolute atomic E-state index is 0.222. The number of morpholine rings is 1. The van der Waals surface area contributed by atoms with Gasteiger partial charge in [-0.15, -0.1) is 0 Å². The average molecular weight is 448 g/mol. The third-order valence-corrected chi connectivity index (χ3v) is 5.86. The van der Waals surface area contributed by atoms with Crippen molar-refractivity contribution in [3.63, 3.8) is 0 Å². The Balaban J connectivity index is 1.43. The molecule has 0 bridgehead atoms. The van der Waals surface area contributed by atoms with E-state index in [4.69, 9.17) is 4.74 Å². The fourth-order valence-corrected chi connectivity index (χ4v) is 4.08. The number of benzene rings is 2. The van der Waals surface area contributed by atoms with Crippen molar-refractivity contribution in [2.24, 2.45) is 0 Å². The van der Waals surface area contributed by atoms with Crippen molar-refractivity contribution < 1.29 is 22.7 Å². The molecular weight excluding hydrogens is 421 g/mol. The molecule has 0 radical (unpaired) electrons. The number of carbonyl (C=O) groups excluding carboxylic acids is 1. The summed E-state index contributed by atoms with van der Waals surface area (Å²) in [7, 11) is 0. The number of nitrogens with one attached hydrogen (secondary N) is 1. The maximum Gasteiger partial charge on any atom is 0.418 e. The van der Waals surface area contributed by atoms with E-state index in [9.17, 15) is 18.0 Å². The SMILES string of the molecule is Cc1cccc(N2CCN(C(=O)Nc3ccc(N4CCOCC4)cc3C(F)(F)F)CC2)c1. The molecule has 4 rings (SSSR count). The molecule has 2 amide bonds. The second kappa shape index (κ2) is 9.28. The lowest BCUT2D eigenvalue weighted by Gasteiger charge is -2.36. The summed E-state index contributed by atoms with van der Waals surface area (Å²) in [6.45, 7) is 6.18. The molecule has 2 aromatic rings. The monoisotopic (exact) mass is 448 g/mol. The topological polar surface area (TPSA) is 48.0 Å². The van der Waals surface area contributed by atoms with Gasteiger partial charge in [-0.1, -0.05) is 12.1 Å². The van der Waals surface area contributed by atoms with E-state index >= 15 is 0 Å². The van der Waals surface area contributed by atoms with Gasteiger partial charge in [0.15, 0.2) is 0 Å². The molecule has 32 heavy (non-hydrogen) atoms. The van der Waals surface area contributed by atoms with Crippen molar-refractivity contribution in [1.29, 1.82) is 0 Å². The number of hydrogen-bond acceptors (Lipinski definition) is 4. The first-order valence-corrected chi connectivity index (χ1v) is 10.7. The Hall–Kier alpha value is -2.94. The molecule has 0 unspecified atom stereocenters. The van der Waals surface area contributed by atoms with Crippen LogP contribution in [0.3, 0.4) is 0 Å². The number of amides is 2. The summed E-state index contributed by atoms with van der Waals surface area (Å²) in [5.74, 6) is 0. The van der Waals surface area contributed by atoms with Gasteiger partial charge >= 0.3 is 12.2 Å². The van der Waals surface area contributed by atoms with Crippen LogP contribution in [0.4, 0.5) is 35.0 Å². The Morgan fingerprint density at radius 3 is 2.22 bits per heavy atom. The second-order valence-corrected chi connectivity index (χ2v) is 8.07. The number of alkyl halides is 3. The number of urea groups is 1. The number of halogens is 3. The predicted molar refractivity (Wildman–Crippen MR) is 118 cm³/mol. The third-order valence-electron chi connectivity index (χ3n) is 5.86. The molecule has 0 aromatic heterocycles. The smallest absolute Gasteiger partial charge is 0.378 e. The zero-order valence-corrected chi connectivity index (χ0v) is 18.0. The number of aryl methyl sites for hydroxylation is 1. The van der Waals surface area contributed by atoms with Crippen LogP contribution >= 0.6 is 0 Å². The van der Waals surface area contributed by atoms with Gasteiger partial charge in [0, 0.05) is 50.6 Å². The number of anilines is 3. The minimum atomic E-state index is -4.57. The Kier molecular flexibility index (Phi) is 6.45. The summed E-state index contributed by atoms with van der Waals surface area (Å²) in [5.41, 5.74) is 1.66. The summed E-state index contributed by atoms with van der Waals surface area (Å²) in [6, 6.07) is 11.7. The van der Waals surface area contributed by atoms with Crippen LogP contribution < -0.4 is 15.1 Å². The van der Waals surface area contributed by atoms with Crippen LogP contribution in [0.15, 0.2) is 42.5 Å². The molecule has 0 aliphatic carbocycles. The standard InChI is InChI=1S/C23H27F3N4O2/c1-17-3-2-4-18(15-17)28-7-9-30(10-8-28)22(31)27-21-6-5-19(16-20(21)23(24,25)26)29-11-13-32-14-12-29/h2-6,15-16H,7-14H2,1H3,(H,27,31). The minimum Gasteiger partial charge on any atom is -0.378 e. The van der Waals surface area contributed by atoms with E-state index < -0.39 is 17.8 Å². The van der Waals surface area contributed by atoms with Crippen molar-refractivity contribution in [1.82, 2.24) is 4.90 Å². The molecule has 2 aliphatic rings. The molecule has 2 saturated heterocycles. The van der Waals surface area contributed by atoms with Gasteiger partial charge in [-0.05, 0) is 42.8 Å². The first-order chi connectivity index (χ1) is 15.3. The Morgan fingerprint density at radius 1 is 0.906 bits per heavy atom. The molecule has 9 heteroatoms. The van der Waals surface area contributed by atoms with Gasteiger partial charge in [0.2, 0.25) is 0 Å². The largest absolute Gasteiger partial charge is 0.418 e. The molecule has 0 saturated carbocycles. The lowest BCUT2D eigenvalue weighted by molar-refractivity contribution is -0.136. The number of piperazine rings is 1. The average Bonchev–Trinajstić information content (AvgIpc) is 2.79. The Labute approximate surface area is 185 Å². The number of rotatable bonds is 3. The number of ether oxygens (including phenoxy) is 1. The normalized spacial score (nSPS) is 17.4. The first kappa shape index (κ1) is 22.3. The highest BCUT2D eigenvalue weighted by molar-refractivity contribution is 5.91. The third kappa shape index (κ3) is 5.09. The van der Waals surface area contributed by atoms with Crippen LogP contribution in [-0.2, 0) is 10.9 Å². The van der Waals surface area contributed by atoms with Gasteiger partial charge in [-0.3, -0.25) is 0 Å². The summed E-state index contributed by atoms with van der Waals surface area (Å²) in [6.07, 6.45) is -4.57. The van der Waals surface area contributed by atoms with E-state index in [-0.39, 0.29) is 5.69 Å². The predicted octanol–water partition coefficient (Wildman–Crippen LogP) is 4.20. The summed E-state index contributed by atoms with van der Waals surface area (Å²) < 4.78 is 46.5. The molecule has 2 fully saturated rings. The summed E-state index contributed by atoms with van der Waals surface area (Å²) >= 11 is 0. The summed E-state index contributed by atoms with van der Waals surface area (Å²) in [5, 5.41) is 2.49. The Morgan fingerprint density at radius 2 is 1.56 bits per heavy atom. The van der Waals surface area contributed by atoms with Crippen molar-refractivity contribution in [3.8, 4) is 0 Å². The van der Waals surface area contributed by atoms with Gasteiger partial charge in [0.25, 0.3) is 0 Å². The van der Waals surface area contributed by atoms with Crippen molar-refractivity contribution >= 4 is 23.1 Å². The molecule has 0 atom stereocenters. The van der Waals surface area contributed by atoms with E-state index in [0.29, 0.717) is 58.2 Å². The van der Waals surface area contributed by atoms with Gasteiger partial charge in [-0.25, -0.2) is 4.79 Å². The number of carbonyl (C=O) groups is 1. The molecule has 6 nitrogen and oxygen atoms in total. The van der Waals surface area contributed by atoms with Crippen LogP contribution in [0.25, 0.3) is 0 Å². The summed E-state index contributed by atoms with van der Waals surface area (Å²) in [4.78, 5) is 18.3. The van der Waals surface area contributed by atoms with E-state index in [1.807, 2.05) is 30.0 Å². The number of hydrogen-bond donors (Lipinski definition) is 1. The lowest BCUT2D eigenvalue weighted by atomic mass is 10.1. The zero-order valence-electron chi connectivity index (χ0n) is 18.0. The van der Waals surface area contributed by atoms with Gasteiger partial charge in [0.05, 0.1) is 24.5 Å². The van der Waals surface area contributed by atoms with Gasteiger partial charge in [0.1, 0.15) is 0 Å². The second-order valence-electron chi connectivity index (χ2n) is 8.07. The van der Waals surface area contributed by atoms with Crippen LogP contribution in [0.2, 0.25) is 0 Å². The maximum atomic E-state index is 13.7. The lowest BCUT2D eigenvalue weighted by Crippen LogP contribution is -2.50. The van der Waals surface area contributed by atoms with E-state index in [1.165, 1.54) is 6.07 Å². The molecule has 2 aliphatic heterocycles. The van der Waals surface area contributed by atoms with Gasteiger partial charge < -0.3 is 24.8 Å². The molecule has 1 N–H and O–H groups in total. The van der Waals surface area contributed by atoms with Gasteiger partial charge in [-0.2, -0.15) is 13.2 Å². The van der Waals surface area contributed by atoms with Crippen LogP contribution in [0.5, 0.6) is 0 Å². The maximum absolute atomic E-state index is 13.7. The molecule has 2 aromatic carbocycles. The van der Waals surface area contributed by atoms with E-state index in [0.717, 1.165) is 17.3 Å². The van der Waals surface area contributed by atoms with Crippen LogP contribution in [0, 0.1) is 6.92 Å². The zero-order chi connectivity index (χ0) is 22.7. The van der Waals surface area contributed by atoms with Crippen molar-refractivity contribution in [2.75, 3.05) is 67.6 Å². The van der Waals surface area contributed by atoms with Crippen LogP contribution in [-0.4, -0.2) is 63.4 Å². The highest BCUT2D eigenvalue weighted by atomic mass is 19.4. The number of nitrogens with zero attached hydrogens (tertiary/aromatic N) is 3. The molecule has 0 spiro atoms. The van der Waals surface area contributed by atoms with Crippen molar-refractivity contribution in [2.45, 2.75) is 13.1 Å². The molecule has 172 valence electrons. The van der Waals surface area contributed by atoms with Crippen LogP contribution in [0.1, 0.15) is 11.1 Å². The highest BCUT2D eigenvalue weighted by Gasteiger charge is 2.35. The Bertz CT molecular complexity index is 952.